The first-order chi connectivity index (χ1) is 11.5. The Hall–Kier alpha value is -2.04. The molecule has 0 aliphatic carbocycles. The normalized spacial score (nSPS) is 14.1. The Balaban J connectivity index is 2.21. The lowest BCUT2D eigenvalue weighted by atomic mass is 10.1. The van der Waals surface area contributed by atoms with Crippen molar-refractivity contribution in [3.05, 3.63) is 77.9 Å². The minimum atomic E-state index is -3.35. The third-order valence-corrected chi connectivity index (χ3v) is 3.69. The van der Waals surface area contributed by atoms with Crippen LogP contribution in [0.25, 0.3) is 6.08 Å². The van der Waals surface area contributed by atoms with E-state index in [0.29, 0.717) is 5.56 Å². The molecule has 2 nitrogen and oxygen atoms in total. The molecule has 126 valence electrons. The zero-order valence-corrected chi connectivity index (χ0v) is 14.0. The zero-order chi connectivity index (χ0) is 17.4. The largest absolute Gasteiger partial charge is 0.382 e. The molecule has 0 amide bonds. The van der Waals surface area contributed by atoms with Crippen LogP contribution in [-0.2, 0) is 4.74 Å². The van der Waals surface area contributed by atoms with Crippen molar-refractivity contribution in [1.29, 1.82) is 0 Å². The Morgan fingerprint density at radius 1 is 1.12 bits per heavy atom. The van der Waals surface area contributed by atoms with Crippen LogP contribution >= 0.6 is 11.6 Å². The molecule has 0 heterocycles. The van der Waals surface area contributed by atoms with Gasteiger partial charge in [-0.25, -0.2) is 0 Å². The lowest BCUT2D eigenvalue weighted by Gasteiger charge is -2.16. The van der Waals surface area contributed by atoms with Crippen LogP contribution in [0.5, 0.6) is 0 Å². The van der Waals surface area contributed by atoms with E-state index in [1.807, 2.05) is 24.3 Å². The second kappa shape index (κ2) is 8.71. The van der Waals surface area contributed by atoms with Crippen LogP contribution in [-0.4, -0.2) is 24.8 Å². The summed E-state index contributed by atoms with van der Waals surface area (Å²) in [6, 6.07) is 17.3. The number of aliphatic imine (C=N–C) groups is 1. The number of halogens is 3. The molecule has 0 bridgehead atoms. The van der Waals surface area contributed by atoms with Crippen LogP contribution in [0.1, 0.15) is 17.2 Å². The third-order valence-electron chi connectivity index (χ3n) is 3.34. The van der Waals surface area contributed by atoms with Crippen molar-refractivity contribution in [1.82, 2.24) is 0 Å². The second-order valence-electron chi connectivity index (χ2n) is 5.17. The summed E-state index contributed by atoms with van der Waals surface area (Å²) in [5, 5.41) is -0.763. The molecule has 0 fully saturated rings. The van der Waals surface area contributed by atoms with Crippen molar-refractivity contribution in [3.8, 4) is 0 Å². The smallest absolute Gasteiger partial charge is 0.318 e. The van der Waals surface area contributed by atoms with E-state index in [-0.39, 0.29) is 6.61 Å². The van der Waals surface area contributed by atoms with Crippen LogP contribution < -0.4 is 0 Å². The van der Waals surface area contributed by atoms with Crippen LogP contribution in [0.2, 0.25) is 0 Å². The molecule has 0 spiro atoms. The van der Waals surface area contributed by atoms with Crippen LogP contribution in [0.15, 0.2) is 71.7 Å². The predicted molar refractivity (Wildman–Crippen MR) is 94.8 cm³/mol. The van der Waals surface area contributed by atoms with Crippen molar-refractivity contribution in [2.24, 2.45) is 4.99 Å². The first-order valence-corrected chi connectivity index (χ1v) is 7.80. The average Bonchev–Trinajstić information content (AvgIpc) is 2.61. The van der Waals surface area contributed by atoms with E-state index >= 15 is 0 Å². The molecule has 1 atom stereocenters. The summed E-state index contributed by atoms with van der Waals surface area (Å²) in [7, 11) is 1.49. The van der Waals surface area contributed by atoms with Gasteiger partial charge in [0.15, 0.2) is 5.17 Å². The number of allylic oxidation sites excluding steroid dienone is 1. The highest BCUT2D eigenvalue weighted by molar-refractivity contribution is 6.67. The first kappa shape index (κ1) is 18.3. The molecular weight excluding hydrogens is 332 g/mol. The molecule has 0 saturated carbocycles. The van der Waals surface area contributed by atoms with Gasteiger partial charge in [-0.15, -0.1) is 0 Å². The minimum Gasteiger partial charge on any atom is -0.382 e. The fourth-order valence-corrected chi connectivity index (χ4v) is 2.28. The average molecular weight is 350 g/mol. The van der Waals surface area contributed by atoms with E-state index in [1.165, 1.54) is 13.2 Å². The van der Waals surface area contributed by atoms with Gasteiger partial charge >= 0.3 is 5.92 Å². The molecule has 0 unspecified atom stereocenters. The summed E-state index contributed by atoms with van der Waals surface area (Å²) in [5.74, 6) is -3.35. The van der Waals surface area contributed by atoms with E-state index < -0.39 is 17.1 Å². The van der Waals surface area contributed by atoms with Gasteiger partial charge in [0.2, 0.25) is 0 Å². The van der Waals surface area contributed by atoms with Crippen molar-refractivity contribution >= 4 is 22.8 Å². The molecule has 0 N–H and O–H groups in total. The van der Waals surface area contributed by atoms with Crippen LogP contribution in [0.3, 0.4) is 0 Å². The summed E-state index contributed by atoms with van der Waals surface area (Å²) in [5.41, 5.74) is 1.43. The number of ether oxygens (including phenoxy) is 1. The molecule has 0 aliphatic heterocycles. The highest BCUT2D eigenvalue weighted by Crippen LogP contribution is 2.26. The van der Waals surface area contributed by atoms with Gasteiger partial charge in [-0.2, -0.15) is 8.78 Å². The molecule has 0 saturated heterocycles. The highest BCUT2D eigenvalue weighted by atomic mass is 35.5. The monoisotopic (exact) mass is 349 g/mol. The van der Waals surface area contributed by atoms with Crippen molar-refractivity contribution < 1.29 is 13.5 Å². The highest BCUT2D eigenvalue weighted by Gasteiger charge is 2.32. The zero-order valence-electron chi connectivity index (χ0n) is 13.2. The van der Waals surface area contributed by atoms with Gasteiger partial charge < -0.3 is 4.74 Å². The number of alkyl halides is 2. The molecule has 5 heteroatoms. The standard InChI is InChI=1S/C19H18ClF2NO/c1-24-14-17(16-10-6-3-7-11-16)23-18(20)19(21,22)13-12-15-8-4-2-5-9-15/h2-13,17H,14H2,1H3/b13-12+,23-18?/t17-/m0/s1. The molecular formula is C19H18ClF2NO. The van der Waals surface area contributed by atoms with E-state index in [2.05, 4.69) is 4.99 Å². The Bertz CT molecular complexity index is 687. The first-order valence-electron chi connectivity index (χ1n) is 7.42. The summed E-state index contributed by atoms with van der Waals surface area (Å²) in [6.45, 7) is 0.165. The maximum atomic E-state index is 14.2. The molecule has 0 aromatic heterocycles. The molecule has 2 aromatic carbocycles. The maximum Gasteiger partial charge on any atom is 0.318 e. The van der Waals surface area contributed by atoms with Crippen LogP contribution in [0.4, 0.5) is 8.78 Å². The number of hydrogen-bond acceptors (Lipinski definition) is 2. The quantitative estimate of drug-likeness (QED) is 0.616. The summed E-state index contributed by atoms with van der Waals surface area (Å²) in [6.07, 6.45) is 2.08. The van der Waals surface area contributed by atoms with E-state index in [0.717, 1.165) is 11.6 Å². The molecule has 0 aliphatic rings. The fraction of sp³-hybridized carbons (Fsp3) is 0.211. The molecule has 0 radical (unpaired) electrons. The fourth-order valence-electron chi connectivity index (χ4n) is 2.10. The Morgan fingerprint density at radius 2 is 1.71 bits per heavy atom. The van der Waals surface area contributed by atoms with Crippen molar-refractivity contribution in [2.75, 3.05) is 13.7 Å². The van der Waals surface area contributed by atoms with Gasteiger partial charge in [0.05, 0.1) is 12.6 Å². The lowest BCUT2D eigenvalue weighted by Crippen LogP contribution is -2.22. The summed E-state index contributed by atoms with van der Waals surface area (Å²) < 4.78 is 33.5. The predicted octanol–water partition coefficient (Wildman–Crippen LogP) is 5.36. The number of rotatable bonds is 7. The number of benzene rings is 2. The van der Waals surface area contributed by atoms with E-state index in [1.54, 1.807) is 36.4 Å². The van der Waals surface area contributed by atoms with Gasteiger partial charge in [0, 0.05) is 7.11 Å². The summed E-state index contributed by atoms with van der Waals surface area (Å²) in [4.78, 5) is 3.98. The van der Waals surface area contributed by atoms with E-state index in [9.17, 15) is 8.78 Å². The lowest BCUT2D eigenvalue weighted by molar-refractivity contribution is 0.136. The van der Waals surface area contributed by atoms with Gasteiger partial charge in [-0.3, -0.25) is 4.99 Å². The molecule has 2 rings (SSSR count). The SMILES string of the molecule is COC[C@H](N=C(Cl)C(F)(F)/C=C/c1ccccc1)c1ccccc1. The molecule has 2 aromatic rings. The Kier molecular flexibility index (Phi) is 6.64. The Morgan fingerprint density at radius 3 is 2.29 bits per heavy atom. The number of nitrogens with zero attached hydrogens (tertiary/aromatic N) is 1. The number of methoxy groups -OCH3 is 1. The minimum absolute atomic E-state index is 0.165. The Labute approximate surface area is 145 Å². The van der Waals surface area contributed by atoms with Gasteiger partial charge in [0.25, 0.3) is 0 Å². The van der Waals surface area contributed by atoms with Crippen LogP contribution in [0, 0.1) is 0 Å². The van der Waals surface area contributed by atoms with Crippen molar-refractivity contribution in [2.45, 2.75) is 12.0 Å². The maximum absolute atomic E-state index is 14.2. The third kappa shape index (κ3) is 5.25. The topological polar surface area (TPSA) is 21.6 Å². The van der Waals surface area contributed by atoms with Crippen molar-refractivity contribution in [3.63, 3.8) is 0 Å². The van der Waals surface area contributed by atoms with Gasteiger partial charge in [0.1, 0.15) is 0 Å². The number of hydrogen-bond donors (Lipinski definition) is 0. The summed E-state index contributed by atoms with van der Waals surface area (Å²) >= 11 is 5.81. The molecule has 24 heavy (non-hydrogen) atoms. The van der Waals surface area contributed by atoms with Gasteiger partial charge in [-0.05, 0) is 17.2 Å². The second-order valence-corrected chi connectivity index (χ2v) is 5.53. The van der Waals surface area contributed by atoms with E-state index in [4.69, 9.17) is 16.3 Å². The van der Waals surface area contributed by atoms with Gasteiger partial charge in [-0.1, -0.05) is 78.3 Å².